The highest BCUT2D eigenvalue weighted by Gasteiger charge is 2.23. The Bertz CT molecular complexity index is 1010. The zero-order valence-corrected chi connectivity index (χ0v) is 20.2. The summed E-state index contributed by atoms with van der Waals surface area (Å²) < 4.78 is 36.8. The average Bonchev–Trinajstić information content (AvgIpc) is 2.78. The lowest BCUT2D eigenvalue weighted by atomic mass is 9.95. The van der Waals surface area contributed by atoms with Gasteiger partial charge in [-0.15, -0.1) is 0 Å². The van der Waals surface area contributed by atoms with E-state index in [0.29, 0.717) is 30.3 Å². The van der Waals surface area contributed by atoms with Gasteiger partial charge in [-0.05, 0) is 61.7 Å². The van der Waals surface area contributed by atoms with Crippen LogP contribution < -0.4 is 14.8 Å². The smallest absolute Gasteiger partial charge is 0.264 e. The fraction of sp³-hybridized carbons (Fsp3) is 0.435. The molecular formula is C23H32N2O6S. The maximum atomic E-state index is 12.9. The molecule has 0 heterocycles. The lowest BCUT2D eigenvalue weighted by Crippen LogP contribution is -2.32. The average molecular weight is 465 g/mol. The van der Waals surface area contributed by atoms with Crippen molar-refractivity contribution in [1.29, 1.82) is 0 Å². The van der Waals surface area contributed by atoms with E-state index in [4.69, 9.17) is 14.3 Å². The van der Waals surface area contributed by atoms with Crippen LogP contribution in [-0.4, -0.2) is 46.2 Å². The van der Waals surface area contributed by atoms with E-state index in [1.165, 1.54) is 38.4 Å². The van der Waals surface area contributed by atoms with Crippen molar-refractivity contribution in [2.24, 2.45) is 5.92 Å². The van der Waals surface area contributed by atoms with E-state index in [2.05, 4.69) is 5.32 Å². The Kier molecular flexibility index (Phi) is 9.06. The molecule has 2 rings (SSSR count). The van der Waals surface area contributed by atoms with Gasteiger partial charge in [-0.1, -0.05) is 24.4 Å². The molecule has 1 amide bonds. The highest BCUT2D eigenvalue weighted by Crippen LogP contribution is 2.33. The van der Waals surface area contributed by atoms with Crippen molar-refractivity contribution in [2.45, 2.75) is 38.6 Å². The minimum atomic E-state index is -3.78. The van der Waals surface area contributed by atoms with E-state index < -0.39 is 10.0 Å². The van der Waals surface area contributed by atoms with Gasteiger partial charge in [-0.2, -0.15) is 0 Å². The van der Waals surface area contributed by atoms with Crippen LogP contribution in [0.5, 0.6) is 11.5 Å². The van der Waals surface area contributed by atoms with Crippen LogP contribution in [0.2, 0.25) is 0 Å². The Morgan fingerprint density at radius 3 is 2.12 bits per heavy atom. The highest BCUT2D eigenvalue weighted by atomic mass is 32.2. The van der Waals surface area contributed by atoms with Crippen molar-refractivity contribution < 1.29 is 27.5 Å². The first-order valence-electron chi connectivity index (χ1n) is 10.5. The highest BCUT2D eigenvalue weighted by molar-refractivity contribution is 7.89. The fourth-order valence-corrected chi connectivity index (χ4v) is 4.12. The van der Waals surface area contributed by atoms with Crippen molar-refractivity contribution >= 4 is 15.9 Å². The molecule has 2 aromatic carbocycles. The number of carbonyl (C=O) groups excluding carboxylic acids is 1. The molecule has 8 nitrogen and oxygen atoms in total. The van der Waals surface area contributed by atoms with Crippen LogP contribution in [0.25, 0.3) is 0 Å². The largest absolute Gasteiger partial charge is 0.490 e. The first kappa shape index (κ1) is 25.6. The predicted molar refractivity (Wildman–Crippen MR) is 122 cm³/mol. The van der Waals surface area contributed by atoms with Crippen LogP contribution in [0.4, 0.5) is 0 Å². The lowest BCUT2D eigenvalue weighted by molar-refractivity contribution is -0.0258. The quantitative estimate of drug-likeness (QED) is 0.509. The molecule has 0 saturated carbocycles. The number of nitrogens with zero attached hydrogens (tertiary/aromatic N) is 1. The summed E-state index contributed by atoms with van der Waals surface area (Å²) in [4.78, 5) is 17.7. The van der Waals surface area contributed by atoms with Gasteiger partial charge in [-0.25, -0.2) is 8.42 Å². The first-order valence-corrected chi connectivity index (χ1v) is 11.9. The van der Waals surface area contributed by atoms with Gasteiger partial charge in [0, 0.05) is 12.6 Å². The minimum Gasteiger partial charge on any atom is -0.490 e. The molecule has 0 aliphatic heterocycles. The van der Waals surface area contributed by atoms with Gasteiger partial charge in [0.1, 0.15) is 0 Å². The zero-order chi connectivity index (χ0) is 23.9. The number of hydroxylamine groups is 1. The number of carbonyl (C=O) groups is 1. The van der Waals surface area contributed by atoms with Gasteiger partial charge < -0.3 is 14.8 Å². The van der Waals surface area contributed by atoms with Crippen molar-refractivity contribution in [3.8, 4) is 11.5 Å². The number of nitrogens with one attached hydrogen (secondary N) is 1. The Balaban J connectivity index is 2.27. The van der Waals surface area contributed by atoms with Crippen molar-refractivity contribution in [2.75, 3.05) is 27.4 Å². The van der Waals surface area contributed by atoms with Crippen LogP contribution in [0.15, 0.2) is 47.4 Å². The molecule has 176 valence electrons. The van der Waals surface area contributed by atoms with Gasteiger partial charge in [-0.3, -0.25) is 9.63 Å². The summed E-state index contributed by atoms with van der Waals surface area (Å²) in [6, 6.07) is 11.1. The maximum absolute atomic E-state index is 12.9. The number of hydrogen-bond donors (Lipinski definition) is 1. The van der Waals surface area contributed by atoms with E-state index in [9.17, 15) is 13.2 Å². The molecule has 0 saturated heterocycles. The summed E-state index contributed by atoms with van der Waals surface area (Å²) >= 11 is 0. The molecule has 0 spiro atoms. The molecule has 0 aliphatic carbocycles. The zero-order valence-electron chi connectivity index (χ0n) is 19.4. The van der Waals surface area contributed by atoms with Gasteiger partial charge in [0.25, 0.3) is 15.9 Å². The fourth-order valence-electron chi connectivity index (χ4n) is 3.15. The molecule has 1 unspecified atom stereocenters. The number of ether oxygens (including phenoxy) is 2. The van der Waals surface area contributed by atoms with Crippen LogP contribution in [0.1, 0.15) is 49.7 Å². The summed E-state index contributed by atoms with van der Waals surface area (Å²) in [5.74, 6) is 1.08. The van der Waals surface area contributed by atoms with Crippen molar-refractivity contribution in [3.05, 3.63) is 53.6 Å². The first-order chi connectivity index (χ1) is 15.1. The molecule has 9 heteroatoms. The van der Waals surface area contributed by atoms with E-state index >= 15 is 0 Å². The number of sulfonamides is 1. The molecule has 0 bridgehead atoms. The van der Waals surface area contributed by atoms with Gasteiger partial charge in [0.05, 0.1) is 31.3 Å². The lowest BCUT2D eigenvalue weighted by Gasteiger charge is -2.24. The second-order valence-electron chi connectivity index (χ2n) is 7.39. The number of rotatable bonds is 11. The minimum absolute atomic E-state index is 0.0340. The summed E-state index contributed by atoms with van der Waals surface area (Å²) in [6.07, 6.45) is 0. The molecule has 0 fully saturated rings. The van der Waals surface area contributed by atoms with E-state index in [1.807, 2.05) is 45.9 Å². The Labute approximate surface area is 190 Å². The number of hydrogen-bond acceptors (Lipinski definition) is 6. The van der Waals surface area contributed by atoms with E-state index in [1.54, 1.807) is 0 Å². The van der Waals surface area contributed by atoms with Gasteiger partial charge in [0.2, 0.25) is 0 Å². The normalized spacial score (nSPS) is 12.6. The van der Waals surface area contributed by atoms with Crippen LogP contribution in [-0.2, 0) is 14.9 Å². The molecule has 32 heavy (non-hydrogen) atoms. The third-order valence-electron chi connectivity index (χ3n) is 4.89. The molecule has 1 N–H and O–H groups in total. The van der Waals surface area contributed by atoms with Gasteiger partial charge in [0.15, 0.2) is 11.5 Å². The SMILES string of the molecule is CCOc1ccc(C(NC(=O)c2ccc(S(=O)(=O)N(C)OC)cc2)C(C)C)cc1OCC. The second-order valence-corrected chi connectivity index (χ2v) is 9.32. The number of amides is 1. The maximum Gasteiger partial charge on any atom is 0.264 e. The third-order valence-corrected chi connectivity index (χ3v) is 6.58. The van der Waals surface area contributed by atoms with Crippen molar-refractivity contribution in [1.82, 2.24) is 9.79 Å². The number of benzene rings is 2. The Morgan fingerprint density at radius 1 is 1.00 bits per heavy atom. The summed E-state index contributed by atoms with van der Waals surface area (Å²) in [7, 11) is -1.21. The molecule has 0 aromatic heterocycles. The Hall–Kier alpha value is -2.62. The summed E-state index contributed by atoms with van der Waals surface area (Å²) in [5, 5.41) is 3.04. The summed E-state index contributed by atoms with van der Waals surface area (Å²) in [5.41, 5.74) is 1.24. The summed E-state index contributed by atoms with van der Waals surface area (Å²) in [6.45, 7) is 8.85. The molecule has 2 aromatic rings. The van der Waals surface area contributed by atoms with E-state index in [0.717, 1.165) is 10.0 Å². The molecule has 0 radical (unpaired) electrons. The van der Waals surface area contributed by atoms with Crippen LogP contribution >= 0.6 is 0 Å². The molecule has 0 aliphatic rings. The second kappa shape index (κ2) is 11.3. The van der Waals surface area contributed by atoms with Gasteiger partial charge >= 0.3 is 0 Å². The Morgan fingerprint density at radius 2 is 1.59 bits per heavy atom. The molecule has 1 atom stereocenters. The van der Waals surface area contributed by atoms with Crippen molar-refractivity contribution in [3.63, 3.8) is 0 Å². The van der Waals surface area contributed by atoms with E-state index in [-0.39, 0.29) is 22.8 Å². The van der Waals surface area contributed by atoms with Crippen LogP contribution in [0, 0.1) is 5.92 Å². The molecular weight excluding hydrogens is 432 g/mol. The van der Waals surface area contributed by atoms with Crippen LogP contribution in [0.3, 0.4) is 0 Å². The predicted octanol–water partition coefficient (Wildman–Crippen LogP) is 3.79. The third kappa shape index (κ3) is 5.99. The standard InChI is InChI=1S/C23H32N2O6S/c1-7-30-20-14-11-18(15-21(20)31-8-2)22(16(3)4)24-23(26)17-9-12-19(13-10-17)32(27,28)25(5)29-6/h9-16,22H,7-8H2,1-6H3,(H,24,26). The monoisotopic (exact) mass is 464 g/mol. The topological polar surface area (TPSA) is 94.2 Å².